The Bertz CT molecular complexity index is 1330. The second-order valence-electron chi connectivity index (χ2n) is 14.5. The highest BCUT2D eigenvalue weighted by molar-refractivity contribution is 5.98. The van der Waals surface area contributed by atoms with Gasteiger partial charge in [-0.1, -0.05) is 46.0 Å². The number of rotatable bonds is 11. The molecule has 1 aliphatic carbocycles. The number of carbonyl (C=O) groups excluding carboxylic acids is 6. The van der Waals surface area contributed by atoms with E-state index in [2.05, 4.69) is 31.6 Å². The molecule has 3 fully saturated rings. The van der Waals surface area contributed by atoms with Crippen LogP contribution in [0.5, 0.6) is 0 Å². The van der Waals surface area contributed by atoms with Gasteiger partial charge >= 0.3 is 5.97 Å². The number of nitrogens with two attached hydrogens (primary N) is 2. The zero-order valence-corrected chi connectivity index (χ0v) is 30.4. The van der Waals surface area contributed by atoms with Crippen LogP contribution in [0.1, 0.15) is 97.8 Å². The molecule has 18 heteroatoms. The molecule has 3 aliphatic rings. The molecule has 0 radical (unpaired) electrons. The molecule has 18 nitrogen and oxygen atoms in total. The van der Waals surface area contributed by atoms with Gasteiger partial charge in [-0.3, -0.25) is 38.6 Å². The molecule has 11 N–H and O–H groups in total. The highest BCUT2D eigenvalue weighted by atomic mass is 16.4. The van der Waals surface area contributed by atoms with E-state index in [9.17, 15) is 43.8 Å². The summed E-state index contributed by atoms with van der Waals surface area (Å²) in [5.41, 5.74) is 10.9. The molecule has 0 spiro atoms. The smallest absolute Gasteiger partial charge is 0.303 e. The summed E-state index contributed by atoms with van der Waals surface area (Å²) in [6.07, 6.45) is 3.82. The maximum absolute atomic E-state index is 14.3. The van der Waals surface area contributed by atoms with Crippen LogP contribution in [0.2, 0.25) is 0 Å². The van der Waals surface area contributed by atoms with Crippen LogP contribution in [0.4, 0.5) is 0 Å². The minimum atomic E-state index is -1.56. The number of fused-ring (bicyclic) bond motifs is 1. The Morgan fingerprint density at radius 2 is 1.35 bits per heavy atom. The maximum atomic E-state index is 14.3. The molecular weight excluding hydrogens is 678 g/mol. The molecule has 1 saturated carbocycles. The molecule has 6 amide bonds. The quantitative estimate of drug-likeness (QED) is 0.0658. The first kappa shape index (κ1) is 41.9. The van der Waals surface area contributed by atoms with Gasteiger partial charge in [-0.2, -0.15) is 0 Å². The third kappa shape index (κ3) is 12.3. The van der Waals surface area contributed by atoms with Crippen molar-refractivity contribution in [3.05, 3.63) is 0 Å². The maximum Gasteiger partial charge on any atom is 0.303 e. The minimum Gasteiger partial charge on any atom is -0.481 e. The molecule has 52 heavy (non-hydrogen) atoms. The van der Waals surface area contributed by atoms with Crippen molar-refractivity contribution >= 4 is 47.4 Å². The molecular formula is C34H57N9O9. The number of hydrogen-bond acceptors (Lipinski definition) is 9. The average Bonchev–Trinajstić information content (AvgIpc) is 3.58. The fraction of sp³-hybridized carbons (Fsp3) is 0.765. The molecule has 0 aromatic heterocycles. The monoisotopic (exact) mass is 735 g/mol. The van der Waals surface area contributed by atoms with E-state index in [4.69, 9.17) is 11.5 Å². The minimum absolute atomic E-state index is 0.0400. The molecule has 0 unspecified atom stereocenters. The molecule has 2 saturated heterocycles. The number of nitrogens with zero attached hydrogens (tertiary/aromatic N) is 2. The average molecular weight is 736 g/mol. The Balaban J connectivity index is 2.06. The Morgan fingerprint density at radius 3 is 1.96 bits per heavy atom. The number of guanidine groups is 1. The molecule has 2 aliphatic heterocycles. The topological polar surface area (TPSA) is 288 Å². The van der Waals surface area contributed by atoms with E-state index >= 15 is 0 Å². The van der Waals surface area contributed by atoms with E-state index in [1.165, 1.54) is 11.8 Å². The van der Waals surface area contributed by atoms with Gasteiger partial charge < -0.3 is 53.2 Å². The summed E-state index contributed by atoms with van der Waals surface area (Å²) in [5, 5.41) is 33.1. The van der Waals surface area contributed by atoms with Crippen molar-refractivity contribution in [3.8, 4) is 0 Å². The Hall–Kier alpha value is -4.48. The van der Waals surface area contributed by atoms with Crippen LogP contribution < -0.4 is 38.1 Å². The van der Waals surface area contributed by atoms with E-state index in [0.29, 0.717) is 6.42 Å². The standard InChI is InChI=1S/C34H57N9O9/c1-18(2)26-31(50)39-22(13-14-25(45)46)28(47)40-23(17-20-9-5-4-6-10-20)33(52)43-16-8-12-24(43)30(49)38-21(11-7-15-37-34(35)36)29(48)42-27(19(3)44)32(51)41-26/h18-24,26-27,44H,4-17H2,1-3H3,(H,38,49)(H,39,50)(H,40,47)(H,41,51)(H,42,48)(H,45,46)(H4,35,36,37)/t19-,21+,22+,23-,24-,26-,27+/m1/s1. The zero-order valence-electron chi connectivity index (χ0n) is 30.4. The lowest BCUT2D eigenvalue weighted by Crippen LogP contribution is -2.63. The predicted octanol–water partition coefficient (Wildman–Crippen LogP) is -1.66. The van der Waals surface area contributed by atoms with Gasteiger partial charge in [-0.15, -0.1) is 0 Å². The predicted molar refractivity (Wildman–Crippen MR) is 189 cm³/mol. The van der Waals surface area contributed by atoms with E-state index in [1.54, 1.807) is 13.8 Å². The summed E-state index contributed by atoms with van der Waals surface area (Å²) in [6.45, 7) is 4.89. The zero-order chi connectivity index (χ0) is 38.5. The van der Waals surface area contributed by atoms with Gasteiger partial charge in [0.05, 0.1) is 6.10 Å². The number of amides is 6. The summed E-state index contributed by atoms with van der Waals surface area (Å²) < 4.78 is 0. The number of carbonyl (C=O) groups is 7. The second kappa shape index (κ2) is 19.9. The van der Waals surface area contributed by atoms with E-state index in [0.717, 1.165) is 32.1 Å². The van der Waals surface area contributed by atoms with E-state index in [-0.39, 0.29) is 57.1 Å². The summed E-state index contributed by atoms with van der Waals surface area (Å²) in [7, 11) is 0. The lowest BCUT2D eigenvalue weighted by molar-refractivity contribution is -0.143. The second-order valence-corrected chi connectivity index (χ2v) is 14.5. The van der Waals surface area contributed by atoms with Crippen molar-refractivity contribution in [2.24, 2.45) is 28.3 Å². The highest BCUT2D eigenvalue weighted by Crippen LogP contribution is 2.29. The number of aliphatic imine (C=N–C) groups is 1. The van der Waals surface area contributed by atoms with Crippen LogP contribution in [0.25, 0.3) is 0 Å². The summed E-state index contributed by atoms with van der Waals surface area (Å²) in [5.74, 6) is -6.18. The first-order chi connectivity index (χ1) is 24.6. The molecule has 7 atom stereocenters. The fourth-order valence-electron chi connectivity index (χ4n) is 7.03. The number of nitrogens with one attached hydrogen (secondary N) is 5. The fourth-order valence-corrected chi connectivity index (χ4v) is 7.03. The Kier molecular flexibility index (Phi) is 16.1. The molecule has 292 valence electrons. The van der Waals surface area contributed by atoms with Crippen LogP contribution in [0, 0.1) is 11.8 Å². The number of hydrogen-bond donors (Lipinski definition) is 9. The highest BCUT2D eigenvalue weighted by Gasteiger charge is 2.41. The summed E-state index contributed by atoms with van der Waals surface area (Å²) in [4.78, 5) is 99.8. The van der Waals surface area contributed by atoms with Gasteiger partial charge in [0.25, 0.3) is 0 Å². The van der Waals surface area contributed by atoms with Crippen molar-refractivity contribution in [3.63, 3.8) is 0 Å². The van der Waals surface area contributed by atoms with Crippen molar-refractivity contribution in [1.82, 2.24) is 31.5 Å². The lowest BCUT2D eigenvalue weighted by Gasteiger charge is -2.34. The number of carboxylic acids is 1. The largest absolute Gasteiger partial charge is 0.481 e. The molecule has 0 aromatic carbocycles. The molecule has 2 heterocycles. The number of carboxylic acid groups (broad SMARTS) is 1. The summed E-state index contributed by atoms with van der Waals surface area (Å²) >= 11 is 0. The number of aliphatic carboxylic acids is 1. The van der Waals surface area contributed by atoms with Gasteiger partial charge in [0, 0.05) is 19.5 Å². The Labute approximate surface area is 304 Å². The van der Waals surface area contributed by atoms with Crippen LogP contribution >= 0.6 is 0 Å². The lowest BCUT2D eigenvalue weighted by atomic mass is 9.84. The SMILES string of the molecule is CC(C)[C@H]1NC(=O)[C@H]([C@@H](C)O)NC(=O)[C@H](CCCN=C(N)N)NC(=O)[C@H]2CCCN2C(=O)[C@@H](CC2CCCCC2)NC(=O)[C@H](CCC(=O)O)NC1=O. The van der Waals surface area contributed by atoms with E-state index in [1.807, 2.05) is 0 Å². The summed E-state index contributed by atoms with van der Waals surface area (Å²) in [6, 6.07) is -7.48. The number of aliphatic hydroxyl groups excluding tert-OH is 1. The van der Waals surface area contributed by atoms with Gasteiger partial charge in [0.2, 0.25) is 35.4 Å². The number of aliphatic hydroxyl groups is 1. The van der Waals surface area contributed by atoms with Crippen LogP contribution in [-0.4, -0.2) is 118 Å². The first-order valence-corrected chi connectivity index (χ1v) is 18.4. The van der Waals surface area contributed by atoms with E-state index < -0.39 is 96.1 Å². The van der Waals surface area contributed by atoms with Crippen molar-refractivity contribution in [2.75, 3.05) is 13.1 Å². The Morgan fingerprint density at radius 1 is 0.769 bits per heavy atom. The van der Waals surface area contributed by atoms with Crippen LogP contribution in [-0.2, 0) is 33.6 Å². The van der Waals surface area contributed by atoms with Gasteiger partial charge in [-0.25, -0.2) is 0 Å². The van der Waals surface area contributed by atoms with Crippen molar-refractivity contribution in [1.29, 1.82) is 0 Å². The normalized spacial score (nSPS) is 28.0. The molecule has 0 bridgehead atoms. The van der Waals surface area contributed by atoms with Crippen LogP contribution in [0.15, 0.2) is 4.99 Å². The molecule has 0 aromatic rings. The molecule has 3 rings (SSSR count). The van der Waals surface area contributed by atoms with Crippen molar-refractivity contribution in [2.45, 2.75) is 140 Å². The third-order valence-electron chi connectivity index (χ3n) is 9.91. The van der Waals surface area contributed by atoms with Gasteiger partial charge in [-0.05, 0) is 57.3 Å². The van der Waals surface area contributed by atoms with Crippen LogP contribution in [0.3, 0.4) is 0 Å². The van der Waals surface area contributed by atoms with Gasteiger partial charge in [0.1, 0.15) is 36.3 Å². The van der Waals surface area contributed by atoms with Gasteiger partial charge in [0.15, 0.2) is 5.96 Å². The third-order valence-corrected chi connectivity index (χ3v) is 9.91. The first-order valence-electron chi connectivity index (χ1n) is 18.4. The van der Waals surface area contributed by atoms with Crippen molar-refractivity contribution < 1.29 is 43.8 Å².